The van der Waals surface area contributed by atoms with Gasteiger partial charge in [-0.05, 0) is 23.6 Å². The number of nitrogens with one attached hydrogen (secondary N) is 2. The molecule has 1 atom stereocenters. The molecule has 2 aromatic carbocycles. The van der Waals surface area contributed by atoms with E-state index in [1.54, 1.807) is 6.07 Å². The van der Waals surface area contributed by atoms with Gasteiger partial charge in [-0.2, -0.15) is 0 Å². The van der Waals surface area contributed by atoms with Crippen molar-refractivity contribution in [2.24, 2.45) is 0 Å². The molecular weight excluding hydrogens is 354 g/mol. The smallest absolute Gasteiger partial charge is 0.325 e. The maximum Gasteiger partial charge on any atom is 0.325 e. The zero-order valence-electron chi connectivity index (χ0n) is 13.9. The van der Waals surface area contributed by atoms with Crippen LogP contribution in [0.15, 0.2) is 54.6 Å². The molecule has 3 rings (SSSR count). The van der Waals surface area contributed by atoms with Crippen molar-refractivity contribution in [3.8, 4) is 0 Å². The van der Waals surface area contributed by atoms with Gasteiger partial charge in [-0.3, -0.25) is 14.9 Å². The van der Waals surface area contributed by atoms with Crippen molar-refractivity contribution in [1.82, 2.24) is 15.5 Å². The molecular formula is C19H18ClN3O3. The van der Waals surface area contributed by atoms with Crippen LogP contribution < -0.4 is 10.6 Å². The highest BCUT2D eigenvalue weighted by molar-refractivity contribution is 6.31. The average molecular weight is 372 g/mol. The molecule has 1 saturated heterocycles. The number of carbonyl (C=O) groups is 3. The van der Waals surface area contributed by atoms with E-state index in [9.17, 15) is 14.4 Å². The second-order valence-corrected chi connectivity index (χ2v) is 6.44. The Bertz CT molecular complexity index is 826. The Morgan fingerprint density at radius 3 is 2.46 bits per heavy atom. The van der Waals surface area contributed by atoms with Gasteiger partial charge in [-0.15, -0.1) is 0 Å². The molecule has 1 fully saturated rings. The first kappa shape index (κ1) is 17.9. The number of imide groups is 1. The van der Waals surface area contributed by atoms with E-state index in [-0.39, 0.29) is 25.0 Å². The van der Waals surface area contributed by atoms with Crippen LogP contribution in [0.25, 0.3) is 0 Å². The maximum atomic E-state index is 12.4. The van der Waals surface area contributed by atoms with Gasteiger partial charge < -0.3 is 10.2 Å². The summed E-state index contributed by atoms with van der Waals surface area (Å²) in [5.41, 5.74) is 1.85. The van der Waals surface area contributed by atoms with E-state index in [1.807, 2.05) is 48.5 Å². The molecule has 0 aromatic heterocycles. The van der Waals surface area contributed by atoms with Gasteiger partial charge >= 0.3 is 6.03 Å². The van der Waals surface area contributed by atoms with Crippen molar-refractivity contribution in [2.45, 2.75) is 12.5 Å². The van der Waals surface area contributed by atoms with E-state index in [2.05, 4.69) is 10.6 Å². The minimum Gasteiger partial charge on any atom is -0.347 e. The first-order valence-electron chi connectivity index (χ1n) is 8.19. The Hall–Kier alpha value is -2.86. The summed E-state index contributed by atoms with van der Waals surface area (Å²) in [4.78, 5) is 36.5. The van der Waals surface area contributed by atoms with Gasteiger partial charge in [0.05, 0.1) is 6.04 Å². The third-order valence-electron chi connectivity index (χ3n) is 4.12. The van der Waals surface area contributed by atoms with Crippen LogP contribution in [0.4, 0.5) is 4.79 Å². The third-order valence-corrected chi connectivity index (χ3v) is 4.49. The lowest BCUT2D eigenvalue weighted by Gasteiger charge is -2.21. The van der Waals surface area contributed by atoms with E-state index in [4.69, 9.17) is 11.6 Å². The number of hydrogen-bond acceptors (Lipinski definition) is 3. The Labute approximate surface area is 156 Å². The monoisotopic (exact) mass is 371 g/mol. The van der Waals surface area contributed by atoms with E-state index in [1.165, 1.54) is 4.90 Å². The predicted molar refractivity (Wildman–Crippen MR) is 97.6 cm³/mol. The second kappa shape index (κ2) is 8.01. The number of rotatable bonds is 6. The van der Waals surface area contributed by atoms with Crippen LogP contribution in [0, 0.1) is 0 Å². The van der Waals surface area contributed by atoms with Crippen LogP contribution in [0.5, 0.6) is 0 Å². The zero-order valence-corrected chi connectivity index (χ0v) is 14.7. The summed E-state index contributed by atoms with van der Waals surface area (Å²) in [6.45, 7) is -0.282. The van der Waals surface area contributed by atoms with Gasteiger partial charge in [-0.25, -0.2) is 4.79 Å². The Morgan fingerprint density at radius 1 is 1.12 bits per heavy atom. The molecule has 0 aliphatic carbocycles. The molecule has 7 heteroatoms. The zero-order chi connectivity index (χ0) is 18.5. The van der Waals surface area contributed by atoms with Crippen molar-refractivity contribution in [2.75, 3.05) is 13.1 Å². The Morgan fingerprint density at radius 2 is 1.81 bits per heavy atom. The van der Waals surface area contributed by atoms with E-state index >= 15 is 0 Å². The number of halogens is 1. The molecule has 134 valence electrons. The summed E-state index contributed by atoms with van der Waals surface area (Å²) in [6, 6.07) is 16.2. The topological polar surface area (TPSA) is 78.5 Å². The molecule has 6 nitrogen and oxygen atoms in total. The SMILES string of the molecule is O=C1CN(CC(=O)N[C@H](Cc2ccccc2Cl)c2ccccc2)C(=O)N1. The van der Waals surface area contributed by atoms with Gasteiger partial charge in [0, 0.05) is 5.02 Å². The predicted octanol–water partition coefficient (Wildman–Crippen LogP) is 2.29. The van der Waals surface area contributed by atoms with Crippen molar-refractivity contribution >= 4 is 29.4 Å². The summed E-state index contributed by atoms with van der Waals surface area (Å²) in [5, 5.41) is 5.73. The molecule has 2 aromatic rings. The van der Waals surface area contributed by atoms with Crippen molar-refractivity contribution in [3.05, 3.63) is 70.7 Å². The summed E-state index contributed by atoms with van der Waals surface area (Å²) in [7, 11) is 0. The number of nitrogens with zero attached hydrogens (tertiary/aromatic N) is 1. The van der Waals surface area contributed by atoms with Gasteiger partial charge in [0.15, 0.2) is 0 Å². The molecule has 0 spiro atoms. The number of carbonyl (C=O) groups excluding carboxylic acids is 3. The highest BCUT2D eigenvalue weighted by Gasteiger charge is 2.29. The molecule has 1 aliphatic rings. The summed E-state index contributed by atoms with van der Waals surface area (Å²) in [5.74, 6) is -0.741. The quantitative estimate of drug-likeness (QED) is 0.765. The lowest BCUT2D eigenvalue weighted by molar-refractivity contribution is -0.122. The van der Waals surface area contributed by atoms with E-state index in [0.717, 1.165) is 11.1 Å². The highest BCUT2D eigenvalue weighted by Crippen LogP contribution is 2.23. The van der Waals surface area contributed by atoms with Gasteiger partial charge in [0.1, 0.15) is 13.1 Å². The Kier molecular flexibility index (Phi) is 5.53. The van der Waals surface area contributed by atoms with Crippen LogP contribution in [-0.2, 0) is 16.0 Å². The molecule has 26 heavy (non-hydrogen) atoms. The molecule has 0 unspecified atom stereocenters. The van der Waals surface area contributed by atoms with Gasteiger partial charge in [0.2, 0.25) is 11.8 Å². The Balaban J connectivity index is 1.73. The number of benzene rings is 2. The fourth-order valence-electron chi connectivity index (χ4n) is 2.85. The normalized spacial score (nSPS) is 14.9. The second-order valence-electron chi connectivity index (χ2n) is 6.04. The van der Waals surface area contributed by atoms with E-state index < -0.39 is 11.9 Å². The summed E-state index contributed by atoms with van der Waals surface area (Å²) >= 11 is 6.25. The minimum absolute atomic E-state index is 0.104. The molecule has 0 bridgehead atoms. The molecule has 1 aliphatic heterocycles. The largest absolute Gasteiger partial charge is 0.347 e. The first-order valence-corrected chi connectivity index (χ1v) is 8.57. The van der Waals surface area contributed by atoms with Crippen LogP contribution in [-0.4, -0.2) is 35.8 Å². The average Bonchev–Trinajstić information content (AvgIpc) is 2.94. The standard InChI is InChI=1S/C19H18ClN3O3/c20-15-9-5-4-8-14(15)10-16(13-6-2-1-3-7-13)21-17(24)11-23-12-18(25)22-19(23)26/h1-9,16H,10-12H2,(H,21,24)(H,22,25,26)/t16-/m1/s1. The molecule has 2 N–H and O–H groups in total. The van der Waals surface area contributed by atoms with Crippen LogP contribution in [0.3, 0.4) is 0 Å². The fraction of sp³-hybridized carbons (Fsp3) is 0.211. The lowest BCUT2D eigenvalue weighted by Crippen LogP contribution is -2.40. The number of amides is 4. The molecule has 0 radical (unpaired) electrons. The summed E-state index contributed by atoms with van der Waals surface area (Å²) in [6.07, 6.45) is 0.514. The first-order chi connectivity index (χ1) is 12.5. The van der Waals surface area contributed by atoms with Crippen molar-refractivity contribution < 1.29 is 14.4 Å². The van der Waals surface area contributed by atoms with Crippen LogP contribution >= 0.6 is 11.6 Å². The van der Waals surface area contributed by atoms with Crippen LogP contribution in [0.2, 0.25) is 5.02 Å². The minimum atomic E-state index is -0.549. The van der Waals surface area contributed by atoms with Crippen molar-refractivity contribution in [1.29, 1.82) is 0 Å². The number of hydrogen-bond donors (Lipinski definition) is 2. The number of urea groups is 1. The van der Waals surface area contributed by atoms with Crippen molar-refractivity contribution in [3.63, 3.8) is 0 Å². The summed E-state index contributed by atoms with van der Waals surface area (Å²) < 4.78 is 0. The van der Waals surface area contributed by atoms with Gasteiger partial charge in [0.25, 0.3) is 0 Å². The van der Waals surface area contributed by atoms with E-state index in [0.29, 0.717) is 11.4 Å². The highest BCUT2D eigenvalue weighted by atomic mass is 35.5. The maximum absolute atomic E-state index is 12.4. The molecule has 0 saturated carbocycles. The lowest BCUT2D eigenvalue weighted by atomic mass is 9.98. The third kappa shape index (κ3) is 4.40. The van der Waals surface area contributed by atoms with Crippen LogP contribution in [0.1, 0.15) is 17.2 Å². The molecule has 4 amide bonds. The molecule has 1 heterocycles. The fourth-order valence-corrected chi connectivity index (χ4v) is 3.06. The van der Waals surface area contributed by atoms with Gasteiger partial charge in [-0.1, -0.05) is 60.1 Å².